The number of carbonyl (C=O) groups is 1. The Kier molecular flexibility index (Phi) is 7.50. The van der Waals surface area contributed by atoms with Gasteiger partial charge in [0.2, 0.25) is 5.95 Å². The monoisotopic (exact) mass is 520 g/mol. The first-order valence-electron chi connectivity index (χ1n) is 11.1. The molecule has 0 amide bonds. The van der Waals surface area contributed by atoms with Crippen molar-refractivity contribution in [3.05, 3.63) is 76.3 Å². The van der Waals surface area contributed by atoms with Gasteiger partial charge in [-0.1, -0.05) is 35.9 Å². The van der Waals surface area contributed by atoms with Crippen LogP contribution < -0.4 is 5.32 Å². The Balaban J connectivity index is 1.65. The molecule has 1 saturated heterocycles. The SMILES string of the molecule is CN(C)S(=O)(=O)N1CCCC(c2nc(NCc3ccc(F)cc3)n(C(=O)c3ccccc3Cl)n2)C1. The van der Waals surface area contributed by atoms with Crippen LogP contribution in [0.5, 0.6) is 0 Å². The van der Waals surface area contributed by atoms with E-state index in [0.717, 1.165) is 10.2 Å². The topological polar surface area (TPSA) is 100 Å². The highest BCUT2D eigenvalue weighted by Crippen LogP contribution is 2.28. The molecule has 0 aliphatic carbocycles. The van der Waals surface area contributed by atoms with Gasteiger partial charge in [-0.15, -0.1) is 5.10 Å². The number of benzene rings is 2. The molecule has 1 unspecified atom stereocenters. The Hall–Kier alpha value is -2.86. The summed E-state index contributed by atoms with van der Waals surface area (Å²) >= 11 is 6.25. The van der Waals surface area contributed by atoms with Crippen LogP contribution in [0.1, 0.15) is 40.5 Å². The number of piperidine rings is 1. The van der Waals surface area contributed by atoms with E-state index in [1.807, 2.05) is 0 Å². The van der Waals surface area contributed by atoms with Crippen molar-refractivity contribution in [1.29, 1.82) is 0 Å². The van der Waals surface area contributed by atoms with Crippen molar-refractivity contribution in [2.75, 3.05) is 32.5 Å². The fourth-order valence-electron chi connectivity index (χ4n) is 3.88. The maximum absolute atomic E-state index is 13.3. The predicted molar refractivity (Wildman–Crippen MR) is 131 cm³/mol. The molecule has 1 atom stereocenters. The number of carbonyl (C=O) groups excluding carboxylic acids is 1. The molecule has 0 saturated carbocycles. The largest absolute Gasteiger partial charge is 0.350 e. The normalized spacial score (nSPS) is 17.0. The highest BCUT2D eigenvalue weighted by Gasteiger charge is 2.33. The number of nitrogens with one attached hydrogen (secondary N) is 1. The first kappa shape index (κ1) is 25.2. The Bertz CT molecular complexity index is 1310. The van der Waals surface area contributed by atoms with E-state index in [1.54, 1.807) is 36.4 Å². The van der Waals surface area contributed by atoms with Gasteiger partial charge in [-0.3, -0.25) is 4.79 Å². The minimum Gasteiger partial charge on any atom is -0.350 e. The second-order valence-electron chi connectivity index (χ2n) is 8.46. The van der Waals surface area contributed by atoms with Crippen molar-refractivity contribution in [2.24, 2.45) is 0 Å². The Morgan fingerprint density at radius 1 is 1.20 bits per heavy atom. The van der Waals surface area contributed by atoms with Gasteiger partial charge in [0.1, 0.15) is 5.82 Å². The lowest BCUT2D eigenvalue weighted by atomic mass is 9.99. The smallest absolute Gasteiger partial charge is 0.282 e. The number of anilines is 1. The minimum atomic E-state index is -3.59. The molecule has 0 radical (unpaired) electrons. The number of hydrogen-bond donors (Lipinski definition) is 1. The van der Waals surface area contributed by atoms with Gasteiger partial charge in [0.15, 0.2) is 5.82 Å². The van der Waals surface area contributed by atoms with E-state index in [2.05, 4.69) is 15.4 Å². The first-order valence-corrected chi connectivity index (χ1v) is 12.9. The van der Waals surface area contributed by atoms with E-state index in [9.17, 15) is 17.6 Å². The number of nitrogens with zero attached hydrogens (tertiary/aromatic N) is 5. The molecule has 0 spiro atoms. The van der Waals surface area contributed by atoms with Crippen molar-refractivity contribution in [1.82, 2.24) is 23.4 Å². The van der Waals surface area contributed by atoms with Gasteiger partial charge in [-0.2, -0.15) is 26.7 Å². The van der Waals surface area contributed by atoms with Gasteiger partial charge < -0.3 is 5.32 Å². The third kappa shape index (κ3) is 5.53. The van der Waals surface area contributed by atoms with E-state index >= 15 is 0 Å². The van der Waals surface area contributed by atoms with E-state index in [1.165, 1.54) is 34.8 Å². The molecular weight excluding hydrogens is 495 g/mol. The summed E-state index contributed by atoms with van der Waals surface area (Å²) in [7, 11) is -0.602. The lowest BCUT2D eigenvalue weighted by Gasteiger charge is -2.32. The summed E-state index contributed by atoms with van der Waals surface area (Å²) in [5, 5.41) is 7.86. The number of hydrogen-bond acceptors (Lipinski definition) is 6. The van der Waals surface area contributed by atoms with Crippen LogP contribution in [-0.2, 0) is 16.8 Å². The van der Waals surface area contributed by atoms with E-state index < -0.39 is 16.1 Å². The Morgan fingerprint density at radius 2 is 1.91 bits per heavy atom. The van der Waals surface area contributed by atoms with E-state index in [-0.39, 0.29) is 41.4 Å². The highest BCUT2D eigenvalue weighted by atomic mass is 35.5. The zero-order valence-electron chi connectivity index (χ0n) is 19.4. The summed E-state index contributed by atoms with van der Waals surface area (Å²) in [4.78, 5) is 17.9. The molecular formula is C23H26ClFN6O3S. The maximum atomic E-state index is 13.3. The van der Waals surface area contributed by atoms with Crippen molar-refractivity contribution in [3.63, 3.8) is 0 Å². The molecule has 186 valence electrons. The molecule has 1 aliphatic heterocycles. The summed E-state index contributed by atoms with van der Waals surface area (Å²) in [5.41, 5.74) is 1.05. The average Bonchev–Trinajstić information content (AvgIpc) is 3.28. The van der Waals surface area contributed by atoms with Crippen molar-refractivity contribution in [2.45, 2.75) is 25.3 Å². The molecule has 1 aliphatic rings. The molecule has 2 heterocycles. The van der Waals surface area contributed by atoms with Crippen LogP contribution >= 0.6 is 11.6 Å². The molecule has 0 bridgehead atoms. The summed E-state index contributed by atoms with van der Waals surface area (Å²) in [6.07, 6.45) is 1.32. The van der Waals surface area contributed by atoms with Crippen LogP contribution in [0, 0.1) is 5.82 Å². The lowest BCUT2D eigenvalue weighted by Crippen LogP contribution is -2.45. The molecule has 3 aromatic rings. The molecule has 1 N–H and O–H groups in total. The number of rotatable bonds is 7. The first-order chi connectivity index (χ1) is 16.7. The molecule has 1 aromatic heterocycles. The third-order valence-corrected chi connectivity index (χ3v) is 8.06. The van der Waals surface area contributed by atoms with Gasteiger partial charge in [0, 0.05) is 39.6 Å². The molecule has 4 rings (SSSR count). The fourth-order valence-corrected chi connectivity index (χ4v) is 5.29. The maximum Gasteiger partial charge on any atom is 0.282 e. The van der Waals surface area contributed by atoms with Crippen LogP contribution in [0.2, 0.25) is 5.02 Å². The van der Waals surface area contributed by atoms with Gasteiger partial charge in [-0.05, 0) is 42.7 Å². The predicted octanol–water partition coefficient (Wildman–Crippen LogP) is 3.36. The Morgan fingerprint density at radius 3 is 2.60 bits per heavy atom. The minimum absolute atomic E-state index is 0.196. The molecule has 9 nitrogen and oxygen atoms in total. The van der Waals surface area contributed by atoms with Crippen LogP contribution in [-0.4, -0.2) is 64.9 Å². The van der Waals surface area contributed by atoms with E-state index in [0.29, 0.717) is 25.2 Å². The zero-order valence-corrected chi connectivity index (χ0v) is 20.9. The van der Waals surface area contributed by atoms with Crippen LogP contribution in [0.4, 0.5) is 10.3 Å². The second-order valence-corrected chi connectivity index (χ2v) is 11.0. The number of halogens is 2. The Labute approximate surface area is 208 Å². The summed E-state index contributed by atoms with van der Waals surface area (Å²) in [6.45, 7) is 0.897. The second kappa shape index (κ2) is 10.4. The van der Waals surface area contributed by atoms with Crippen LogP contribution in [0.15, 0.2) is 48.5 Å². The van der Waals surface area contributed by atoms with Gasteiger partial charge in [-0.25, -0.2) is 4.39 Å². The zero-order chi connectivity index (χ0) is 25.2. The van der Waals surface area contributed by atoms with Gasteiger partial charge >= 0.3 is 0 Å². The molecule has 2 aromatic carbocycles. The third-order valence-electron chi connectivity index (χ3n) is 5.82. The van der Waals surface area contributed by atoms with Crippen LogP contribution in [0.25, 0.3) is 0 Å². The molecule has 12 heteroatoms. The standard InChI is InChI=1S/C23H26ClFN6O3S/c1-29(2)35(33,34)30-13-5-6-17(15-30)21-27-23(26-14-16-9-11-18(25)12-10-16)31(28-21)22(32)19-7-3-4-8-20(19)24/h3-4,7-12,17H,5-6,13-15H2,1-2H3,(H,26,27,28). The number of aromatic nitrogens is 3. The highest BCUT2D eigenvalue weighted by molar-refractivity contribution is 7.86. The average molecular weight is 521 g/mol. The van der Waals surface area contributed by atoms with Gasteiger partial charge in [0.25, 0.3) is 16.1 Å². The fraction of sp³-hybridized carbons (Fsp3) is 0.348. The summed E-state index contributed by atoms with van der Waals surface area (Å²) < 4.78 is 42.3. The van der Waals surface area contributed by atoms with Crippen molar-refractivity contribution >= 4 is 33.7 Å². The molecule has 35 heavy (non-hydrogen) atoms. The summed E-state index contributed by atoms with van der Waals surface area (Å²) in [6, 6.07) is 12.6. The molecule has 1 fully saturated rings. The van der Waals surface area contributed by atoms with Crippen LogP contribution in [0.3, 0.4) is 0 Å². The van der Waals surface area contributed by atoms with Gasteiger partial charge in [0.05, 0.1) is 10.6 Å². The van der Waals surface area contributed by atoms with Crippen molar-refractivity contribution in [3.8, 4) is 0 Å². The van der Waals surface area contributed by atoms with E-state index in [4.69, 9.17) is 11.6 Å². The summed E-state index contributed by atoms with van der Waals surface area (Å²) in [5.74, 6) is -0.537. The van der Waals surface area contributed by atoms with Crippen molar-refractivity contribution < 1.29 is 17.6 Å². The lowest BCUT2D eigenvalue weighted by molar-refractivity contribution is 0.0946. The quantitative estimate of drug-likeness (QED) is 0.513.